The maximum Gasteiger partial charge on any atom is 0.151 e. The van der Waals surface area contributed by atoms with Crippen molar-refractivity contribution in [1.29, 1.82) is 0 Å². The largest absolute Gasteiger partial charge is 0.483 e. The molecule has 3 rings (SSSR count). The maximum atomic E-state index is 6.37. The van der Waals surface area contributed by atoms with Crippen molar-refractivity contribution in [3.8, 4) is 5.75 Å². The first kappa shape index (κ1) is 15.1. The molecular formula is C19H23NO2. The molecular weight excluding hydrogens is 274 g/mol. The first-order valence-electron chi connectivity index (χ1n) is 7.71. The van der Waals surface area contributed by atoms with Gasteiger partial charge in [0.2, 0.25) is 0 Å². The van der Waals surface area contributed by atoms with Crippen molar-refractivity contribution in [1.82, 2.24) is 4.90 Å². The van der Waals surface area contributed by atoms with E-state index in [-0.39, 0.29) is 12.2 Å². The van der Waals surface area contributed by atoms with Gasteiger partial charge in [-0.15, -0.1) is 0 Å². The summed E-state index contributed by atoms with van der Waals surface area (Å²) >= 11 is 0. The van der Waals surface area contributed by atoms with Gasteiger partial charge in [0.1, 0.15) is 11.9 Å². The number of hydrogen-bond acceptors (Lipinski definition) is 3. The Morgan fingerprint density at radius 1 is 1.09 bits per heavy atom. The number of para-hydroxylation sites is 1. The minimum Gasteiger partial charge on any atom is -0.483 e. The van der Waals surface area contributed by atoms with Crippen LogP contribution in [-0.4, -0.2) is 31.6 Å². The van der Waals surface area contributed by atoms with Crippen LogP contribution in [0.2, 0.25) is 0 Å². The lowest BCUT2D eigenvalue weighted by atomic mass is 9.95. The van der Waals surface area contributed by atoms with Gasteiger partial charge in [-0.2, -0.15) is 0 Å². The number of ether oxygens (including phenoxy) is 2. The predicted octanol–water partition coefficient (Wildman–Crippen LogP) is 3.58. The fourth-order valence-electron chi connectivity index (χ4n) is 2.90. The van der Waals surface area contributed by atoms with E-state index in [1.165, 1.54) is 11.1 Å². The molecule has 1 aliphatic heterocycles. The van der Waals surface area contributed by atoms with Crippen LogP contribution in [0.4, 0.5) is 0 Å². The number of fused-ring (bicyclic) bond motifs is 1. The van der Waals surface area contributed by atoms with Gasteiger partial charge in [0.15, 0.2) is 6.10 Å². The second-order valence-electron chi connectivity index (χ2n) is 6.11. The highest BCUT2D eigenvalue weighted by atomic mass is 16.5. The monoisotopic (exact) mass is 297 g/mol. The molecule has 3 nitrogen and oxygen atoms in total. The molecule has 0 N–H and O–H groups in total. The second-order valence-corrected chi connectivity index (χ2v) is 6.11. The first-order valence-corrected chi connectivity index (χ1v) is 7.71. The number of nitrogens with zero attached hydrogens (tertiary/aromatic N) is 1. The average Bonchev–Trinajstić information content (AvgIpc) is 2.51. The molecule has 22 heavy (non-hydrogen) atoms. The summed E-state index contributed by atoms with van der Waals surface area (Å²) in [6, 6.07) is 16.6. The predicted molar refractivity (Wildman–Crippen MR) is 88.1 cm³/mol. The topological polar surface area (TPSA) is 21.7 Å². The lowest BCUT2D eigenvalue weighted by Crippen LogP contribution is -2.39. The van der Waals surface area contributed by atoms with Gasteiger partial charge in [0.25, 0.3) is 0 Å². The molecule has 0 unspecified atom stereocenters. The molecule has 0 fully saturated rings. The number of benzene rings is 2. The average molecular weight is 297 g/mol. The van der Waals surface area contributed by atoms with E-state index in [9.17, 15) is 0 Å². The maximum absolute atomic E-state index is 6.37. The van der Waals surface area contributed by atoms with E-state index in [1.54, 1.807) is 0 Å². The Morgan fingerprint density at radius 2 is 1.82 bits per heavy atom. The van der Waals surface area contributed by atoms with Gasteiger partial charge in [0.05, 0.1) is 6.61 Å². The lowest BCUT2D eigenvalue weighted by molar-refractivity contribution is -0.0618. The SMILES string of the molecule is Cc1ccccc1O[C@H]1c2ccccc2CO[C@H]1CN(C)C. The minimum absolute atomic E-state index is 0.0320. The zero-order chi connectivity index (χ0) is 15.5. The molecule has 0 amide bonds. The van der Waals surface area contributed by atoms with Crippen LogP contribution < -0.4 is 4.74 Å². The third-order valence-electron chi connectivity index (χ3n) is 4.04. The first-order chi connectivity index (χ1) is 10.6. The standard InChI is InChI=1S/C19H23NO2/c1-14-8-4-7-11-17(14)22-19-16-10-6-5-9-15(16)13-21-18(19)12-20(2)3/h4-11,18-19H,12-13H2,1-3H3/t18-,19-/m0/s1. The number of aryl methyl sites for hydroxylation is 1. The zero-order valence-corrected chi connectivity index (χ0v) is 13.5. The van der Waals surface area contributed by atoms with Crippen molar-refractivity contribution < 1.29 is 9.47 Å². The highest BCUT2D eigenvalue weighted by Gasteiger charge is 2.32. The van der Waals surface area contributed by atoms with E-state index in [0.717, 1.165) is 17.9 Å². The van der Waals surface area contributed by atoms with Crippen molar-refractivity contribution in [2.24, 2.45) is 0 Å². The van der Waals surface area contributed by atoms with Crippen molar-refractivity contribution in [3.05, 3.63) is 65.2 Å². The van der Waals surface area contributed by atoms with Crippen molar-refractivity contribution in [3.63, 3.8) is 0 Å². The minimum atomic E-state index is -0.0755. The van der Waals surface area contributed by atoms with E-state index in [0.29, 0.717) is 6.61 Å². The Kier molecular flexibility index (Phi) is 4.46. The molecule has 2 aromatic rings. The van der Waals surface area contributed by atoms with Crippen LogP contribution in [0.1, 0.15) is 22.8 Å². The number of hydrogen-bond donors (Lipinski definition) is 0. The van der Waals surface area contributed by atoms with Crippen LogP contribution in [0.15, 0.2) is 48.5 Å². The molecule has 1 heterocycles. The fourth-order valence-corrected chi connectivity index (χ4v) is 2.90. The van der Waals surface area contributed by atoms with Crippen LogP contribution in [-0.2, 0) is 11.3 Å². The quantitative estimate of drug-likeness (QED) is 0.861. The van der Waals surface area contributed by atoms with Crippen molar-refractivity contribution >= 4 is 0 Å². The summed E-state index contributed by atoms with van der Waals surface area (Å²) in [5.74, 6) is 0.927. The Morgan fingerprint density at radius 3 is 2.59 bits per heavy atom. The van der Waals surface area contributed by atoms with Gasteiger partial charge in [-0.1, -0.05) is 42.5 Å². The summed E-state index contributed by atoms with van der Waals surface area (Å²) in [4.78, 5) is 2.15. The molecule has 1 aliphatic rings. The normalized spacial score (nSPS) is 20.7. The van der Waals surface area contributed by atoms with Gasteiger partial charge < -0.3 is 14.4 Å². The molecule has 0 aromatic heterocycles. The Balaban J connectivity index is 1.93. The Hall–Kier alpha value is -1.84. The molecule has 0 saturated carbocycles. The number of likely N-dealkylation sites (N-methyl/N-ethyl adjacent to an activating group) is 1. The molecule has 3 heteroatoms. The Labute approximate surface area is 132 Å². The molecule has 2 atom stereocenters. The molecule has 116 valence electrons. The van der Waals surface area contributed by atoms with E-state index in [1.807, 2.05) is 18.2 Å². The molecule has 2 aromatic carbocycles. The van der Waals surface area contributed by atoms with Gasteiger partial charge in [0, 0.05) is 12.1 Å². The lowest BCUT2D eigenvalue weighted by Gasteiger charge is -2.35. The fraction of sp³-hybridized carbons (Fsp3) is 0.368. The molecule has 0 bridgehead atoms. The summed E-state index contributed by atoms with van der Waals surface area (Å²) in [5.41, 5.74) is 3.61. The highest BCUT2D eigenvalue weighted by molar-refractivity contribution is 5.36. The van der Waals surface area contributed by atoms with E-state index < -0.39 is 0 Å². The van der Waals surface area contributed by atoms with Gasteiger partial charge in [-0.3, -0.25) is 0 Å². The number of rotatable bonds is 4. The third-order valence-corrected chi connectivity index (χ3v) is 4.04. The molecule has 0 radical (unpaired) electrons. The van der Waals surface area contributed by atoms with Crippen LogP contribution >= 0.6 is 0 Å². The summed E-state index contributed by atoms with van der Waals surface area (Å²) < 4.78 is 12.4. The molecule has 0 aliphatic carbocycles. The van der Waals surface area contributed by atoms with Crippen molar-refractivity contribution in [2.45, 2.75) is 25.7 Å². The van der Waals surface area contributed by atoms with Gasteiger partial charge in [-0.05, 0) is 38.2 Å². The second kappa shape index (κ2) is 6.51. The van der Waals surface area contributed by atoms with E-state index >= 15 is 0 Å². The van der Waals surface area contributed by atoms with Gasteiger partial charge >= 0.3 is 0 Å². The summed E-state index contributed by atoms with van der Waals surface area (Å²) in [5, 5.41) is 0. The van der Waals surface area contributed by atoms with Crippen LogP contribution in [0.25, 0.3) is 0 Å². The highest BCUT2D eigenvalue weighted by Crippen LogP contribution is 2.34. The van der Waals surface area contributed by atoms with Crippen LogP contribution in [0.3, 0.4) is 0 Å². The van der Waals surface area contributed by atoms with E-state index in [4.69, 9.17) is 9.47 Å². The smallest absolute Gasteiger partial charge is 0.151 e. The van der Waals surface area contributed by atoms with Crippen molar-refractivity contribution in [2.75, 3.05) is 20.6 Å². The third kappa shape index (κ3) is 3.16. The molecule has 0 spiro atoms. The van der Waals surface area contributed by atoms with Crippen LogP contribution in [0, 0.1) is 6.92 Å². The summed E-state index contributed by atoms with van der Waals surface area (Å²) in [6.45, 7) is 3.57. The van der Waals surface area contributed by atoms with E-state index in [2.05, 4.69) is 56.3 Å². The zero-order valence-electron chi connectivity index (χ0n) is 13.5. The summed E-state index contributed by atoms with van der Waals surface area (Å²) in [7, 11) is 4.13. The van der Waals surface area contributed by atoms with Gasteiger partial charge in [-0.25, -0.2) is 0 Å². The Bertz CT molecular complexity index is 639. The van der Waals surface area contributed by atoms with Crippen LogP contribution in [0.5, 0.6) is 5.75 Å². The molecule has 0 saturated heterocycles. The summed E-state index contributed by atoms with van der Waals surface area (Å²) in [6.07, 6.45) is -0.0436.